The molecule has 1 heterocycles. The van der Waals surface area contributed by atoms with Crippen LogP contribution in [0.15, 0.2) is 24.3 Å². The van der Waals surface area contributed by atoms with Crippen LogP contribution in [0.2, 0.25) is 0 Å². The lowest BCUT2D eigenvalue weighted by atomic mass is 10.1. The van der Waals surface area contributed by atoms with Crippen molar-refractivity contribution in [2.24, 2.45) is 7.05 Å². The van der Waals surface area contributed by atoms with Crippen LogP contribution in [-0.2, 0) is 7.05 Å². The van der Waals surface area contributed by atoms with Gasteiger partial charge in [-0.05, 0) is 37.6 Å². The molecule has 0 saturated carbocycles. The fourth-order valence-corrected chi connectivity index (χ4v) is 2.01. The number of benzene rings is 1. The van der Waals surface area contributed by atoms with Gasteiger partial charge in [0.2, 0.25) is 0 Å². The Morgan fingerprint density at radius 2 is 2.14 bits per heavy atom. The number of aliphatic hydroxyl groups excluding tert-OH is 1. The molecule has 21 heavy (non-hydrogen) atoms. The minimum absolute atomic E-state index is 0.220. The van der Waals surface area contributed by atoms with Crippen LogP contribution >= 0.6 is 0 Å². The maximum absolute atomic E-state index is 12.3. The molecule has 2 N–H and O–H groups in total. The van der Waals surface area contributed by atoms with Gasteiger partial charge in [-0.1, -0.05) is 17.9 Å². The Morgan fingerprint density at radius 3 is 2.76 bits per heavy atom. The monoisotopic (exact) mass is 283 g/mol. The third kappa shape index (κ3) is 3.50. The van der Waals surface area contributed by atoms with Crippen LogP contribution in [0.4, 0.5) is 5.69 Å². The Morgan fingerprint density at radius 1 is 1.38 bits per heavy atom. The lowest BCUT2D eigenvalue weighted by molar-refractivity contribution is 0.101. The van der Waals surface area contributed by atoms with Crippen LogP contribution in [-0.4, -0.2) is 27.4 Å². The lowest BCUT2D eigenvalue weighted by Gasteiger charge is -2.08. The van der Waals surface area contributed by atoms with Crippen molar-refractivity contribution in [2.75, 3.05) is 11.9 Å². The molecule has 0 bridgehead atoms. The molecular formula is C16H17N3O2. The number of anilines is 1. The minimum Gasteiger partial charge on any atom is -0.384 e. The number of rotatable bonds is 2. The Hall–Kier alpha value is -2.58. The largest absolute Gasteiger partial charge is 0.384 e. The van der Waals surface area contributed by atoms with Gasteiger partial charge in [-0.25, -0.2) is 0 Å². The van der Waals surface area contributed by atoms with E-state index in [1.54, 1.807) is 19.2 Å². The van der Waals surface area contributed by atoms with Crippen molar-refractivity contribution in [3.63, 3.8) is 0 Å². The highest BCUT2D eigenvalue weighted by Crippen LogP contribution is 2.17. The predicted molar refractivity (Wildman–Crippen MR) is 81.0 cm³/mol. The van der Waals surface area contributed by atoms with Crippen LogP contribution in [0.25, 0.3) is 0 Å². The Bertz CT molecular complexity index is 736. The second kappa shape index (κ2) is 6.25. The van der Waals surface area contributed by atoms with Gasteiger partial charge >= 0.3 is 0 Å². The summed E-state index contributed by atoms with van der Waals surface area (Å²) in [6.45, 7) is 3.56. The van der Waals surface area contributed by atoms with Gasteiger partial charge in [-0.3, -0.25) is 9.48 Å². The highest BCUT2D eigenvalue weighted by Gasteiger charge is 2.13. The SMILES string of the molecule is Cc1ccc(NC(=O)c2cc(C)nn2C)c(C#CCO)c1. The normalized spacial score (nSPS) is 9.90. The molecule has 108 valence electrons. The molecule has 2 rings (SSSR count). The van der Waals surface area contributed by atoms with E-state index in [0.717, 1.165) is 11.3 Å². The summed E-state index contributed by atoms with van der Waals surface area (Å²) in [5, 5.41) is 15.8. The Labute approximate surface area is 123 Å². The number of aromatic nitrogens is 2. The quantitative estimate of drug-likeness (QED) is 0.823. The maximum atomic E-state index is 12.3. The second-order valence-electron chi connectivity index (χ2n) is 4.76. The van der Waals surface area contributed by atoms with Crippen molar-refractivity contribution in [2.45, 2.75) is 13.8 Å². The number of aryl methyl sites for hydroxylation is 3. The van der Waals surface area contributed by atoms with Crippen LogP contribution in [0.5, 0.6) is 0 Å². The molecular weight excluding hydrogens is 266 g/mol. The van der Waals surface area contributed by atoms with E-state index in [-0.39, 0.29) is 12.5 Å². The highest BCUT2D eigenvalue weighted by atomic mass is 16.2. The van der Waals surface area contributed by atoms with E-state index in [1.807, 2.05) is 26.0 Å². The summed E-state index contributed by atoms with van der Waals surface area (Å²) in [6, 6.07) is 7.29. The molecule has 0 saturated heterocycles. The van der Waals surface area contributed by atoms with Gasteiger partial charge in [0.1, 0.15) is 12.3 Å². The zero-order valence-corrected chi connectivity index (χ0v) is 12.3. The molecule has 2 aromatic rings. The fraction of sp³-hybridized carbons (Fsp3) is 0.250. The molecule has 0 unspecified atom stereocenters. The number of hydrogen-bond acceptors (Lipinski definition) is 3. The molecule has 0 aliphatic carbocycles. The smallest absolute Gasteiger partial charge is 0.273 e. The molecule has 1 aromatic heterocycles. The van der Waals surface area contributed by atoms with E-state index in [1.165, 1.54) is 4.68 Å². The number of hydrogen-bond donors (Lipinski definition) is 2. The number of amides is 1. The first kappa shape index (κ1) is 14.8. The summed E-state index contributed by atoms with van der Waals surface area (Å²) in [4.78, 5) is 12.3. The van der Waals surface area contributed by atoms with Crippen LogP contribution in [0.3, 0.4) is 0 Å². The third-order valence-corrected chi connectivity index (χ3v) is 2.96. The average Bonchev–Trinajstić information content (AvgIpc) is 2.78. The molecule has 0 aliphatic rings. The molecule has 5 nitrogen and oxygen atoms in total. The lowest BCUT2D eigenvalue weighted by Crippen LogP contribution is -2.16. The van der Waals surface area contributed by atoms with E-state index in [9.17, 15) is 4.79 Å². The van der Waals surface area contributed by atoms with Crippen LogP contribution in [0, 0.1) is 25.7 Å². The standard InChI is InChI=1S/C16H17N3O2/c1-11-6-7-14(13(9-11)5-4-8-20)17-16(21)15-10-12(2)18-19(15)3/h6-7,9-10,20H,8H2,1-3H3,(H,17,21). The molecule has 1 aromatic carbocycles. The van der Waals surface area contributed by atoms with Gasteiger partial charge in [0.25, 0.3) is 5.91 Å². The summed E-state index contributed by atoms with van der Waals surface area (Å²) < 4.78 is 1.54. The predicted octanol–water partition coefficient (Wildman–Crippen LogP) is 1.63. The zero-order valence-electron chi connectivity index (χ0n) is 12.3. The Kier molecular flexibility index (Phi) is 4.41. The molecule has 0 aliphatic heterocycles. The van der Waals surface area contributed by atoms with Crippen molar-refractivity contribution in [3.05, 3.63) is 46.8 Å². The van der Waals surface area contributed by atoms with Gasteiger partial charge in [0.05, 0.1) is 11.4 Å². The van der Waals surface area contributed by atoms with Crippen molar-refractivity contribution < 1.29 is 9.90 Å². The highest BCUT2D eigenvalue weighted by molar-refractivity contribution is 6.03. The van der Waals surface area contributed by atoms with Gasteiger partial charge < -0.3 is 10.4 Å². The van der Waals surface area contributed by atoms with Crippen LogP contribution < -0.4 is 5.32 Å². The first-order valence-corrected chi connectivity index (χ1v) is 6.53. The zero-order chi connectivity index (χ0) is 15.4. The first-order chi connectivity index (χ1) is 10.0. The summed E-state index contributed by atoms with van der Waals surface area (Å²) in [5.74, 6) is 5.20. The van der Waals surface area contributed by atoms with E-state index < -0.39 is 0 Å². The number of carbonyl (C=O) groups excluding carboxylic acids is 1. The molecule has 0 spiro atoms. The summed E-state index contributed by atoms with van der Waals surface area (Å²) >= 11 is 0. The fourth-order valence-electron chi connectivity index (χ4n) is 2.01. The maximum Gasteiger partial charge on any atom is 0.273 e. The van der Waals surface area contributed by atoms with E-state index in [2.05, 4.69) is 22.3 Å². The van der Waals surface area contributed by atoms with Gasteiger partial charge in [-0.2, -0.15) is 5.10 Å². The average molecular weight is 283 g/mol. The number of carbonyl (C=O) groups is 1. The van der Waals surface area contributed by atoms with E-state index >= 15 is 0 Å². The third-order valence-electron chi connectivity index (χ3n) is 2.96. The van der Waals surface area contributed by atoms with E-state index in [0.29, 0.717) is 16.9 Å². The summed E-state index contributed by atoms with van der Waals surface area (Å²) in [6.07, 6.45) is 0. The summed E-state index contributed by atoms with van der Waals surface area (Å²) in [5.41, 5.74) is 3.59. The van der Waals surface area contributed by atoms with E-state index in [4.69, 9.17) is 5.11 Å². The first-order valence-electron chi connectivity index (χ1n) is 6.53. The van der Waals surface area contributed by atoms with Gasteiger partial charge in [0, 0.05) is 12.6 Å². The number of aliphatic hydroxyl groups is 1. The summed E-state index contributed by atoms with van der Waals surface area (Å²) in [7, 11) is 1.73. The molecule has 0 fully saturated rings. The van der Waals surface area contributed by atoms with Crippen molar-refractivity contribution in [1.29, 1.82) is 0 Å². The number of nitrogens with zero attached hydrogens (tertiary/aromatic N) is 2. The van der Waals surface area contributed by atoms with Gasteiger partial charge in [-0.15, -0.1) is 0 Å². The minimum atomic E-state index is -0.242. The topological polar surface area (TPSA) is 67.2 Å². The Balaban J connectivity index is 2.31. The van der Waals surface area contributed by atoms with Crippen LogP contribution in [0.1, 0.15) is 27.3 Å². The second-order valence-corrected chi connectivity index (χ2v) is 4.76. The van der Waals surface area contributed by atoms with Crippen molar-refractivity contribution in [1.82, 2.24) is 9.78 Å². The molecule has 0 radical (unpaired) electrons. The van der Waals surface area contributed by atoms with Crippen molar-refractivity contribution in [3.8, 4) is 11.8 Å². The molecule has 5 heteroatoms. The van der Waals surface area contributed by atoms with Crippen molar-refractivity contribution >= 4 is 11.6 Å². The molecule has 0 atom stereocenters. The van der Waals surface area contributed by atoms with Gasteiger partial charge in [0.15, 0.2) is 0 Å². The molecule has 1 amide bonds. The number of nitrogens with one attached hydrogen (secondary N) is 1.